The highest BCUT2D eigenvalue weighted by Crippen LogP contribution is 2.52. The molecule has 1 N–H and O–H groups in total. The smallest absolute Gasteiger partial charge is 0.407 e. The summed E-state index contributed by atoms with van der Waals surface area (Å²) in [6.45, 7) is 6.04. The van der Waals surface area contributed by atoms with Crippen molar-refractivity contribution in [3.8, 4) is 0 Å². The molecule has 4 rings (SSSR count). The molecule has 2 heterocycles. The topological polar surface area (TPSA) is 96.0 Å². The number of hydrogen-bond acceptors (Lipinski definition) is 5. The summed E-state index contributed by atoms with van der Waals surface area (Å²) in [6.07, 6.45) is 7.06. The van der Waals surface area contributed by atoms with Gasteiger partial charge in [0.15, 0.2) is 0 Å². The molecule has 0 aromatic carbocycles. The number of carbonyl (C=O) groups is 4. The summed E-state index contributed by atoms with van der Waals surface area (Å²) >= 11 is 0. The molecule has 30 heavy (non-hydrogen) atoms. The van der Waals surface area contributed by atoms with E-state index in [9.17, 15) is 19.2 Å². The summed E-state index contributed by atoms with van der Waals surface area (Å²) in [5.41, 5.74) is -0.588. The quantitative estimate of drug-likeness (QED) is 0.555. The van der Waals surface area contributed by atoms with Crippen molar-refractivity contribution in [1.29, 1.82) is 0 Å². The number of likely N-dealkylation sites (tertiary alicyclic amines) is 2. The first-order valence-electron chi connectivity index (χ1n) is 11.0. The fourth-order valence-corrected chi connectivity index (χ4v) is 5.40. The van der Waals surface area contributed by atoms with Gasteiger partial charge in [0.2, 0.25) is 17.7 Å². The largest absolute Gasteiger partial charge is 0.444 e. The highest BCUT2D eigenvalue weighted by Gasteiger charge is 2.59. The Hall–Kier alpha value is -2.38. The molecule has 2 aliphatic heterocycles. The molecular weight excluding hydrogens is 386 g/mol. The van der Waals surface area contributed by atoms with Crippen LogP contribution in [-0.4, -0.2) is 64.9 Å². The maximum Gasteiger partial charge on any atom is 0.407 e. The van der Waals surface area contributed by atoms with Crippen LogP contribution in [0.25, 0.3) is 0 Å². The number of carbonyl (C=O) groups excluding carboxylic acids is 4. The molecule has 0 aromatic heterocycles. The lowest BCUT2D eigenvalue weighted by Crippen LogP contribution is -2.53. The third-order valence-corrected chi connectivity index (χ3v) is 6.68. The van der Waals surface area contributed by atoms with Crippen LogP contribution in [0, 0.1) is 23.7 Å². The highest BCUT2D eigenvalue weighted by molar-refractivity contribution is 6.08. The normalized spacial score (nSPS) is 32.6. The lowest BCUT2D eigenvalue weighted by Gasteiger charge is -2.36. The van der Waals surface area contributed by atoms with E-state index in [-0.39, 0.29) is 54.0 Å². The lowest BCUT2D eigenvalue weighted by molar-refractivity contribution is -0.148. The molecule has 0 spiro atoms. The van der Waals surface area contributed by atoms with Crippen LogP contribution in [-0.2, 0) is 19.1 Å². The Kier molecular flexibility index (Phi) is 5.36. The Labute approximate surface area is 177 Å². The van der Waals surface area contributed by atoms with Gasteiger partial charge in [-0.1, -0.05) is 12.2 Å². The van der Waals surface area contributed by atoms with Crippen LogP contribution >= 0.6 is 0 Å². The molecule has 8 nitrogen and oxygen atoms in total. The number of rotatable bonds is 4. The summed E-state index contributed by atoms with van der Waals surface area (Å²) in [4.78, 5) is 53.6. The van der Waals surface area contributed by atoms with E-state index in [0.29, 0.717) is 13.1 Å². The minimum absolute atomic E-state index is 0.136. The number of allylic oxidation sites excluding steroid dienone is 2. The van der Waals surface area contributed by atoms with Gasteiger partial charge < -0.3 is 15.0 Å². The number of alkyl carbamates (subject to hydrolysis) is 1. The van der Waals surface area contributed by atoms with E-state index in [1.54, 1.807) is 25.7 Å². The van der Waals surface area contributed by atoms with Crippen LogP contribution in [0.5, 0.6) is 0 Å². The van der Waals surface area contributed by atoms with E-state index < -0.39 is 11.7 Å². The molecule has 1 saturated carbocycles. The van der Waals surface area contributed by atoms with Gasteiger partial charge in [-0.25, -0.2) is 4.79 Å². The molecule has 4 aliphatic rings. The van der Waals surface area contributed by atoms with Crippen molar-refractivity contribution in [2.24, 2.45) is 23.7 Å². The number of ether oxygens (including phenoxy) is 1. The second kappa shape index (κ2) is 7.71. The second-order valence-corrected chi connectivity index (χ2v) is 9.88. The van der Waals surface area contributed by atoms with Crippen molar-refractivity contribution in [1.82, 2.24) is 15.1 Å². The summed E-state index contributed by atoms with van der Waals surface area (Å²) < 4.78 is 5.27. The van der Waals surface area contributed by atoms with Crippen molar-refractivity contribution in [2.75, 3.05) is 19.6 Å². The van der Waals surface area contributed by atoms with Gasteiger partial charge in [-0.2, -0.15) is 0 Å². The van der Waals surface area contributed by atoms with Crippen LogP contribution in [0.1, 0.15) is 46.5 Å². The molecular formula is C22H31N3O5. The van der Waals surface area contributed by atoms with E-state index in [1.165, 1.54) is 4.90 Å². The number of piperidine rings is 1. The van der Waals surface area contributed by atoms with Crippen molar-refractivity contribution < 1.29 is 23.9 Å². The van der Waals surface area contributed by atoms with Gasteiger partial charge in [-0.15, -0.1) is 0 Å². The number of imide groups is 1. The fraction of sp³-hybridized carbons (Fsp3) is 0.727. The Morgan fingerprint density at radius 3 is 2.33 bits per heavy atom. The third kappa shape index (κ3) is 3.84. The van der Waals surface area contributed by atoms with Gasteiger partial charge in [0.1, 0.15) is 12.1 Å². The van der Waals surface area contributed by atoms with Crippen LogP contribution in [0.3, 0.4) is 0 Å². The maximum absolute atomic E-state index is 13.0. The number of fused-ring (bicyclic) bond motifs is 5. The first kappa shape index (κ1) is 20.9. The summed E-state index contributed by atoms with van der Waals surface area (Å²) in [6, 6.07) is -0.163. The van der Waals surface area contributed by atoms with Crippen LogP contribution in [0.4, 0.5) is 4.79 Å². The maximum atomic E-state index is 13.0. The minimum atomic E-state index is -0.588. The summed E-state index contributed by atoms with van der Waals surface area (Å²) in [5, 5.41) is 2.75. The fourth-order valence-electron chi connectivity index (χ4n) is 5.40. The Bertz CT molecular complexity index is 756. The van der Waals surface area contributed by atoms with Gasteiger partial charge in [0.05, 0.1) is 11.8 Å². The van der Waals surface area contributed by atoms with Crippen LogP contribution in [0.15, 0.2) is 12.2 Å². The zero-order valence-electron chi connectivity index (χ0n) is 17.9. The Morgan fingerprint density at radius 1 is 1.10 bits per heavy atom. The highest BCUT2D eigenvalue weighted by atomic mass is 16.6. The first-order chi connectivity index (χ1) is 14.2. The van der Waals surface area contributed by atoms with Crippen molar-refractivity contribution >= 4 is 23.8 Å². The first-order valence-corrected chi connectivity index (χ1v) is 11.0. The Balaban J connectivity index is 1.36. The SMILES string of the molecule is CC(C)(C)OC(=O)NCC1CCCCN1C(=O)CN1C(=O)C2C3C=CC(C3)C2C1=O. The van der Waals surface area contributed by atoms with Crippen molar-refractivity contribution in [3.05, 3.63) is 12.2 Å². The van der Waals surface area contributed by atoms with Gasteiger partial charge in [0.25, 0.3) is 0 Å². The van der Waals surface area contributed by atoms with Crippen molar-refractivity contribution in [3.63, 3.8) is 0 Å². The predicted octanol–water partition coefficient (Wildman–Crippen LogP) is 1.70. The average Bonchev–Trinajstić information content (AvgIpc) is 3.35. The van der Waals surface area contributed by atoms with Gasteiger partial charge in [0, 0.05) is 19.1 Å². The molecule has 3 fully saturated rings. The molecule has 164 valence electrons. The Morgan fingerprint density at radius 2 is 1.73 bits per heavy atom. The standard InChI is InChI=1S/C22H31N3O5/c1-22(2,3)30-21(29)23-11-15-6-4-5-9-24(15)16(26)12-25-19(27)17-13-7-8-14(10-13)18(17)20(25)28/h7-8,13-15,17-18H,4-6,9-12H2,1-3H3,(H,23,29). The number of amides is 4. The van der Waals surface area contributed by atoms with Gasteiger partial charge in [-0.3, -0.25) is 19.3 Å². The monoisotopic (exact) mass is 417 g/mol. The summed E-state index contributed by atoms with van der Waals surface area (Å²) in [5.74, 6) is -0.925. The summed E-state index contributed by atoms with van der Waals surface area (Å²) in [7, 11) is 0. The minimum Gasteiger partial charge on any atom is -0.444 e. The predicted molar refractivity (Wildman–Crippen MR) is 108 cm³/mol. The van der Waals surface area contributed by atoms with Gasteiger partial charge in [-0.05, 0) is 58.3 Å². The van der Waals surface area contributed by atoms with E-state index in [4.69, 9.17) is 4.74 Å². The molecule has 2 aliphatic carbocycles. The van der Waals surface area contributed by atoms with E-state index in [1.807, 2.05) is 12.2 Å². The molecule has 5 atom stereocenters. The van der Waals surface area contributed by atoms with Gasteiger partial charge >= 0.3 is 6.09 Å². The van der Waals surface area contributed by atoms with Crippen LogP contribution in [0.2, 0.25) is 0 Å². The molecule has 0 radical (unpaired) electrons. The molecule has 5 unspecified atom stereocenters. The second-order valence-electron chi connectivity index (χ2n) is 9.88. The molecule has 2 bridgehead atoms. The number of nitrogens with zero attached hydrogens (tertiary/aromatic N) is 2. The molecule has 4 amide bonds. The molecule has 2 saturated heterocycles. The zero-order valence-corrected chi connectivity index (χ0v) is 17.9. The number of nitrogens with one attached hydrogen (secondary N) is 1. The van der Waals surface area contributed by atoms with Crippen LogP contribution < -0.4 is 5.32 Å². The average molecular weight is 418 g/mol. The van der Waals surface area contributed by atoms with E-state index >= 15 is 0 Å². The van der Waals surface area contributed by atoms with Crippen molar-refractivity contribution in [2.45, 2.75) is 58.1 Å². The molecule has 0 aromatic rings. The molecule has 8 heteroatoms. The number of hydrogen-bond donors (Lipinski definition) is 1. The zero-order chi connectivity index (χ0) is 21.6. The lowest BCUT2D eigenvalue weighted by atomic mass is 9.85. The third-order valence-electron chi connectivity index (χ3n) is 6.68. The van der Waals surface area contributed by atoms with E-state index in [0.717, 1.165) is 25.7 Å². The van der Waals surface area contributed by atoms with E-state index in [2.05, 4.69) is 5.32 Å².